The molecule has 0 saturated carbocycles. The Morgan fingerprint density at radius 2 is 1.44 bits per heavy atom. The molecular weight excluding hydrogens is 365 g/mol. The third kappa shape index (κ3) is 4.01. The maximum atomic E-state index is 13.8. The van der Waals surface area contributed by atoms with Crippen LogP contribution in [-0.4, -0.2) is 4.92 Å². The van der Waals surface area contributed by atoms with Crippen LogP contribution in [0.2, 0.25) is 0 Å². The SMILES string of the molecule is Cc1ccccc1O[P@@](=O)(Oc1c(C)cccc1[N+](=O)[O-])c1ccccc1. The van der Waals surface area contributed by atoms with E-state index in [4.69, 9.17) is 9.05 Å². The van der Waals surface area contributed by atoms with Crippen LogP contribution < -0.4 is 14.4 Å². The minimum absolute atomic E-state index is 0.0664. The molecule has 0 aliphatic rings. The van der Waals surface area contributed by atoms with Gasteiger partial charge in [-0.3, -0.25) is 10.1 Å². The summed E-state index contributed by atoms with van der Waals surface area (Å²) in [4.78, 5) is 10.8. The van der Waals surface area contributed by atoms with Crippen LogP contribution in [0.4, 0.5) is 5.69 Å². The number of nitro benzene ring substituents is 1. The molecule has 0 aromatic heterocycles. The van der Waals surface area contributed by atoms with Crippen molar-refractivity contribution < 1.29 is 18.5 Å². The fraction of sp³-hybridized carbons (Fsp3) is 0.100. The molecule has 3 aromatic carbocycles. The molecule has 0 amide bonds. The monoisotopic (exact) mass is 383 g/mol. The lowest BCUT2D eigenvalue weighted by molar-refractivity contribution is -0.385. The summed E-state index contributed by atoms with van der Waals surface area (Å²) in [5.74, 6) is 0.323. The van der Waals surface area contributed by atoms with Crippen LogP contribution >= 0.6 is 7.60 Å². The van der Waals surface area contributed by atoms with E-state index in [2.05, 4.69) is 0 Å². The first-order chi connectivity index (χ1) is 12.9. The maximum Gasteiger partial charge on any atom is 0.463 e. The molecule has 3 rings (SSSR count). The maximum absolute atomic E-state index is 13.8. The summed E-state index contributed by atoms with van der Waals surface area (Å²) in [7, 11) is -3.94. The molecule has 0 spiro atoms. The second kappa shape index (κ2) is 7.64. The Morgan fingerprint density at radius 1 is 0.815 bits per heavy atom. The zero-order chi connectivity index (χ0) is 19.4. The molecule has 0 aliphatic carbocycles. The van der Waals surface area contributed by atoms with Gasteiger partial charge in [0.15, 0.2) is 0 Å². The van der Waals surface area contributed by atoms with Gasteiger partial charge in [0.05, 0.1) is 10.2 Å². The summed E-state index contributed by atoms with van der Waals surface area (Å²) in [5, 5.41) is 11.7. The smallest absolute Gasteiger partial charge is 0.413 e. The highest BCUT2D eigenvalue weighted by Crippen LogP contribution is 2.50. The van der Waals surface area contributed by atoms with Crippen molar-refractivity contribution in [2.45, 2.75) is 13.8 Å². The lowest BCUT2D eigenvalue weighted by Gasteiger charge is -2.21. The average Bonchev–Trinajstić information content (AvgIpc) is 2.66. The minimum Gasteiger partial charge on any atom is -0.413 e. The molecule has 0 aliphatic heterocycles. The minimum atomic E-state index is -3.94. The van der Waals surface area contributed by atoms with E-state index in [0.717, 1.165) is 5.56 Å². The predicted octanol–water partition coefficient (Wildman–Crippen LogP) is 5.19. The van der Waals surface area contributed by atoms with Gasteiger partial charge in [0.1, 0.15) is 5.75 Å². The van der Waals surface area contributed by atoms with Gasteiger partial charge in [-0.05, 0) is 43.2 Å². The van der Waals surface area contributed by atoms with Gasteiger partial charge >= 0.3 is 13.3 Å². The van der Waals surface area contributed by atoms with Crippen molar-refractivity contribution in [3.05, 3.63) is 94.0 Å². The third-order valence-electron chi connectivity index (χ3n) is 3.98. The highest BCUT2D eigenvalue weighted by atomic mass is 31.2. The Bertz CT molecular complexity index is 1020. The Morgan fingerprint density at radius 3 is 2.11 bits per heavy atom. The summed E-state index contributed by atoms with van der Waals surface area (Å²) in [6.07, 6.45) is 0. The number of nitro groups is 1. The molecular formula is C20H18NO5P. The lowest BCUT2D eigenvalue weighted by atomic mass is 10.2. The number of rotatable bonds is 6. The quantitative estimate of drug-likeness (QED) is 0.333. The van der Waals surface area contributed by atoms with Crippen LogP contribution in [-0.2, 0) is 4.57 Å². The van der Waals surface area contributed by atoms with E-state index >= 15 is 0 Å². The molecule has 6 nitrogen and oxygen atoms in total. The van der Waals surface area contributed by atoms with Crippen LogP contribution in [0, 0.1) is 24.0 Å². The van der Waals surface area contributed by atoms with E-state index in [1.54, 1.807) is 61.5 Å². The van der Waals surface area contributed by atoms with E-state index < -0.39 is 12.5 Å². The number of para-hydroxylation sites is 2. The van der Waals surface area contributed by atoms with Crippen molar-refractivity contribution in [2.75, 3.05) is 0 Å². The molecule has 138 valence electrons. The second-order valence-electron chi connectivity index (χ2n) is 5.96. The fourth-order valence-corrected chi connectivity index (χ4v) is 4.27. The molecule has 0 fully saturated rings. The molecule has 0 heterocycles. The Labute approximate surface area is 157 Å². The average molecular weight is 383 g/mol. The number of aryl methyl sites for hydroxylation is 2. The number of hydrogen-bond acceptors (Lipinski definition) is 5. The zero-order valence-corrected chi connectivity index (χ0v) is 15.8. The molecule has 0 radical (unpaired) electrons. The van der Waals surface area contributed by atoms with E-state index in [-0.39, 0.29) is 11.4 Å². The van der Waals surface area contributed by atoms with Crippen LogP contribution in [0.1, 0.15) is 11.1 Å². The van der Waals surface area contributed by atoms with Crippen molar-refractivity contribution in [3.63, 3.8) is 0 Å². The van der Waals surface area contributed by atoms with Crippen molar-refractivity contribution in [1.29, 1.82) is 0 Å². The van der Waals surface area contributed by atoms with Crippen LogP contribution in [0.3, 0.4) is 0 Å². The summed E-state index contributed by atoms with van der Waals surface area (Å²) in [6, 6.07) is 20.0. The molecule has 0 saturated heterocycles. The van der Waals surface area contributed by atoms with Gasteiger partial charge in [-0.15, -0.1) is 0 Å². The molecule has 0 bridgehead atoms. The number of benzene rings is 3. The standard InChI is InChI=1S/C20H18NO5P/c1-15-9-6-7-14-19(15)25-27(24,17-11-4-3-5-12-17)26-20-16(2)10-8-13-18(20)21(22)23/h3-14H,1-2H3/t27-/m1/s1. The largest absolute Gasteiger partial charge is 0.463 e. The van der Waals surface area contributed by atoms with Crippen molar-refractivity contribution in [3.8, 4) is 11.5 Å². The predicted molar refractivity (Wildman–Crippen MR) is 104 cm³/mol. The molecule has 0 unspecified atom stereocenters. The number of nitrogens with zero attached hydrogens (tertiary/aromatic N) is 1. The third-order valence-corrected chi connectivity index (χ3v) is 5.77. The van der Waals surface area contributed by atoms with Gasteiger partial charge < -0.3 is 9.05 Å². The summed E-state index contributed by atoms with van der Waals surface area (Å²) in [6.45, 7) is 3.48. The molecule has 27 heavy (non-hydrogen) atoms. The molecule has 0 N–H and O–H groups in total. The normalized spacial score (nSPS) is 12.8. The highest BCUT2D eigenvalue weighted by Gasteiger charge is 2.35. The fourth-order valence-electron chi connectivity index (χ4n) is 2.54. The topological polar surface area (TPSA) is 78.7 Å². The first kappa shape index (κ1) is 18.7. The van der Waals surface area contributed by atoms with Crippen molar-refractivity contribution in [1.82, 2.24) is 0 Å². The van der Waals surface area contributed by atoms with Gasteiger partial charge in [-0.25, -0.2) is 4.57 Å². The second-order valence-corrected chi connectivity index (χ2v) is 7.84. The van der Waals surface area contributed by atoms with Crippen LogP contribution in [0.15, 0.2) is 72.8 Å². The first-order valence-electron chi connectivity index (χ1n) is 8.25. The summed E-state index contributed by atoms with van der Waals surface area (Å²) < 4.78 is 25.4. The lowest BCUT2D eigenvalue weighted by Crippen LogP contribution is -2.15. The highest BCUT2D eigenvalue weighted by molar-refractivity contribution is 7.63. The van der Waals surface area contributed by atoms with E-state index in [1.165, 1.54) is 6.07 Å². The Hall–Kier alpha value is -3.11. The van der Waals surface area contributed by atoms with Gasteiger partial charge in [0.25, 0.3) is 0 Å². The van der Waals surface area contributed by atoms with Gasteiger partial charge in [0, 0.05) is 6.07 Å². The molecule has 3 aromatic rings. The molecule has 7 heteroatoms. The Kier molecular flexibility index (Phi) is 5.28. The van der Waals surface area contributed by atoms with E-state index in [9.17, 15) is 14.7 Å². The summed E-state index contributed by atoms with van der Waals surface area (Å²) in [5.41, 5.74) is 1.00. The molecule has 1 atom stereocenters. The first-order valence-corrected chi connectivity index (χ1v) is 9.79. The van der Waals surface area contributed by atoms with E-state index in [0.29, 0.717) is 16.6 Å². The van der Waals surface area contributed by atoms with Gasteiger partial charge in [0.2, 0.25) is 5.75 Å². The van der Waals surface area contributed by atoms with Crippen LogP contribution in [0.25, 0.3) is 0 Å². The number of hydrogen-bond donors (Lipinski definition) is 0. The Balaban J connectivity index is 2.11. The van der Waals surface area contributed by atoms with Gasteiger partial charge in [-0.1, -0.05) is 48.5 Å². The van der Waals surface area contributed by atoms with E-state index in [1.807, 2.05) is 19.1 Å². The van der Waals surface area contributed by atoms with Crippen LogP contribution in [0.5, 0.6) is 11.5 Å². The van der Waals surface area contributed by atoms with Gasteiger partial charge in [-0.2, -0.15) is 0 Å². The van der Waals surface area contributed by atoms with Crippen molar-refractivity contribution in [2.24, 2.45) is 0 Å². The summed E-state index contributed by atoms with van der Waals surface area (Å²) >= 11 is 0. The zero-order valence-electron chi connectivity index (χ0n) is 14.9. The van der Waals surface area contributed by atoms with Crippen molar-refractivity contribution >= 4 is 18.6 Å².